The van der Waals surface area contributed by atoms with E-state index in [4.69, 9.17) is 11.6 Å². The highest BCUT2D eigenvalue weighted by molar-refractivity contribution is 6.34. The molecule has 1 heterocycles. The molecule has 15 heavy (non-hydrogen) atoms. The van der Waals surface area contributed by atoms with Crippen LogP contribution in [-0.2, 0) is 0 Å². The molecule has 0 saturated heterocycles. The van der Waals surface area contributed by atoms with E-state index in [1.807, 2.05) is 19.1 Å². The zero-order valence-electron chi connectivity index (χ0n) is 8.54. The number of carbonyl (C=O) groups excluding carboxylic acids is 1. The molecule has 0 bridgehead atoms. The van der Waals surface area contributed by atoms with Gasteiger partial charge in [0.1, 0.15) is 5.15 Å². The fourth-order valence-electron chi connectivity index (χ4n) is 1.57. The Kier molecular flexibility index (Phi) is 2.45. The lowest BCUT2D eigenvalue weighted by Gasteiger charge is -2.04. The van der Waals surface area contributed by atoms with Crippen LogP contribution in [-0.4, -0.2) is 10.8 Å². The predicted octanol–water partition coefficient (Wildman–Crippen LogP) is 3.40. The van der Waals surface area contributed by atoms with Gasteiger partial charge < -0.3 is 0 Å². The van der Waals surface area contributed by atoms with E-state index in [2.05, 4.69) is 4.98 Å². The Morgan fingerprint density at radius 3 is 2.73 bits per heavy atom. The zero-order valence-corrected chi connectivity index (χ0v) is 9.30. The smallest absolute Gasteiger partial charge is 0.159 e. The Morgan fingerprint density at radius 1 is 1.33 bits per heavy atom. The van der Waals surface area contributed by atoms with Crippen molar-refractivity contribution < 1.29 is 4.79 Å². The summed E-state index contributed by atoms with van der Waals surface area (Å²) >= 11 is 5.98. The number of pyridine rings is 1. The number of halogens is 1. The molecule has 1 aromatic heterocycles. The van der Waals surface area contributed by atoms with Gasteiger partial charge in [0.05, 0.1) is 0 Å². The van der Waals surface area contributed by atoms with Gasteiger partial charge in [-0.2, -0.15) is 0 Å². The number of aryl methyl sites for hydroxylation is 1. The van der Waals surface area contributed by atoms with Gasteiger partial charge >= 0.3 is 0 Å². The van der Waals surface area contributed by atoms with Gasteiger partial charge in [-0.05, 0) is 30.9 Å². The zero-order chi connectivity index (χ0) is 11.0. The molecule has 0 spiro atoms. The Hall–Kier alpha value is -1.41. The summed E-state index contributed by atoms with van der Waals surface area (Å²) < 4.78 is 0. The third-order valence-corrected chi connectivity index (χ3v) is 2.75. The molecule has 0 radical (unpaired) electrons. The van der Waals surface area contributed by atoms with E-state index in [1.165, 1.54) is 6.92 Å². The summed E-state index contributed by atoms with van der Waals surface area (Å²) in [4.78, 5) is 15.3. The second-order valence-electron chi connectivity index (χ2n) is 3.55. The first kappa shape index (κ1) is 10.1. The van der Waals surface area contributed by atoms with Gasteiger partial charge in [-0.15, -0.1) is 0 Å². The number of rotatable bonds is 1. The van der Waals surface area contributed by atoms with Crippen LogP contribution in [0.3, 0.4) is 0 Å². The van der Waals surface area contributed by atoms with Gasteiger partial charge in [0.15, 0.2) is 5.78 Å². The molecular formula is C12H10ClNO. The fourth-order valence-corrected chi connectivity index (χ4v) is 1.78. The molecule has 0 atom stereocenters. The molecule has 0 aliphatic heterocycles. The minimum Gasteiger partial charge on any atom is -0.295 e. The van der Waals surface area contributed by atoms with Gasteiger partial charge in [0.25, 0.3) is 0 Å². The summed E-state index contributed by atoms with van der Waals surface area (Å²) in [6, 6.07) is 5.52. The van der Waals surface area contributed by atoms with Crippen molar-refractivity contribution in [2.45, 2.75) is 13.8 Å². The Labute approximate surface area is 92.9 Å². The third kappa shape index (κ3) is 1.73. The highest BCUT2D eigenvalue weighted by Gasteiger charge is 2.06. The second kappa shape index (κ2) is 3.63. The number of ketones is 1. The molecule has 76 valence electrons. The number of benzene rings is 1. The van der Waals surface area contributed by atoms with Gasteiger partial charge in [-0.1, -0.05) is 23.7 Å². The highest BCUT2D eigenvalue weighted by Crippen LogP contribution is 2.25. The first-order chi connectivity index (χ1) is 7.09. The van der Waals surface area contributed by atoms with Crippen LogP contribution in [0.5, 0.6) is 0 Å². The van der Waals surface area contributed by atoms with Crippen molar-refractivity contribution in [1.29, 1.82) is 0 Å². The molecule has 2 nitrogen and oxygen atoms in total. The number of Topliss-reactive ketones (excluding diaryl/α,β-unsaturated/α-hetero) is 1. The number of fused-ring (bicyclic) bond motifs is 1. The molecule has 2 aromatic rings. The van der Waals surface area contributed by atoms with Crippen LogP contribution in [0.15, 0.2) is 24.4 Å². The molecule has 0 fully saturated rings. The predicted molar refractivity (Wildman–Crippen MR) is 61.5 cm³/mol. The van der Waals surface area contributed by atoms with Crippen molar-refractivity contribution in [2.75, 3.05) is 0 Å². The van der Waals surface area contributed by atoms with Crippen LogP contribution in [0.1, 0.15) is 22.8 Å². The Morgan fingerprint density at radius 2 is 2.07 bits per heavy atom. The van der Waals surface area contributed by atoms with Crippen molar-refractivity contribution in [2.24, 2.45) is 0 Å². The van der Waals surface area contributed by atoms with E-state index >= 15 is 0 Å². The number of hydrogen-bond acceptors (Lipinski definition) is 2. The van der Waals surface area contributed by atoms with E-state index in [9.17, 15) is 4.79 Å². The molecule has 0 amide bonds. The molecule has 0 aliphatic carbocycles. The van der Waals surface area contributed by atoms with Crippen molar-refractivity contribution in [3.05, 3.63) is 40.7 Å². The lowest BCUT2D eigenvalue weighted by molar-refractivity contribution is 0.101. The van der Waals surface area contributed by atoms with E-state index in [-0.39, 0.29) is 5.78 Å². The number of aromatic nitrogens is 1. The first-order valence-corrected chi connectivity index (χ1v) is 5.03. The summed E-state index contributed by atoms with van der Waals surface area (Å²) in [6.07, 6.45) is 1.73. The van der Waals surface area contributed by atoms with Crippen LogP contribution in [0.25, 0.3) is 10.8 Å². The summed E-state index contributed by atoms with van der Waals surface area (Å²) in [7, 11) is 0. The standard InChI is InChI=1S/C12H10ClNO/c1-7-6-14-12(13)11-5-9(8(2)15)3-4-10(7)11/h3-6H,1-2H3. The Balaban J connectivity index is 2.81. The van der Waals surface area contributed by atoms with Gasteiger partial charge in [-0.25, -0.2) is 4.98 Å². The average Bonchev–Trinajstić information content (AvgIpc) is 2.23. The fraction of sp³-hybridized carbons (Fsp3) is 0.167. The van der Waals surface area contributed by atoms with E-state index in [0.29, 0.717) is 10.7 Å². The van der Waals surface area contributed by atoms with Crippen LogP contribution >= 0.6 is 11.6 Å². The SMILES string of the molecule is CC(=O)c1ccc2c(C)cnc(Cl)c2c1. The van der Waals surface area contributed by atoms with E-state index in [1.54, 1.807) is 12.3 Å². The largest absolute Gasteiger partial charge is 0.295 e. The van der Waals surface area contributed by atoms with Crippen molar-refractivity contribution >= 4 is 28.2 Å². The summed E-state index contributed by atoms with van der Waals surface area (Å²) in [6.45, 7) is 3.51. The van der Waals surface area contributed by atoms with Crippen LogP contribution < -0.4 is 0 Å². The maximum atomic E-state index is 11.2. The van der Waals surface area contributed by atoms with E-state index in [0.717, 1.165) is 16.3 Å². The van der Waals surface area contributed by atoms with Gasteiger partial charge in [0.2, 0.25) is 0 Å². The summed E-state index contributed by atoms with van der Waals surface area (Å²) in [5, 5.41) is 2.32. The summed E-state index contributed by atoms with van der Waals surface area (Å²) in [5.41, 5.74) is 1.72. The first-order valence-electron chi connectivity index (χ1n) is 4.65. The van der Waals surface area contributed by atoms with Crippen molar-refractivity contribution in [1.82, 2.24) is 4.98 Å². The van der Waals surface area contributed by atoms with Crippen LogP contribution in [0, 0.1) is 6.92 Å². The topological polar surface area (TPSA) is 30.0 Å². The Bertz CT molecular complexity index is 549. The molecule has 1 aromatic carbocycles. The van der Waals surface area contributed by atoms with Crippen molar-refractivity contribution in [3.8, 4) is 0 Å². The molecule has 0 aliphatic rings. The van der Waals surface area contributed by atoms with Gasteiger partial charge in [0, 0.05) is 17.1 Å². The molecule has 2 rings (SSSR count). The molecule has 0 saturated carbocycles. The maximum absolute atomic E-state index is 11.2. The van der Waals surface area contributed by atoms with Crippen molar-refractivity contribution in [3.63, 3.8) is 0 Å². The minimum absolute atomic E-state index is 0.0365. The van der Waals surface area contributed by atoms with Crippen LogP contribution in [0.2, 0.25) is 5.15 Å². The molecular weight excluding hydrogens is 210 g/mol. The van der Waals surface area contributed by atoms with Gasteiger partial charge in [-0.3, -0.25) is 4.79 Å². The lowest BCUT2D eigenvalue weighted by Crippen LogP contribution is -1.93. The molecule has 0 N–H and O–H groups in total. The summed E-state index contributed by atoms with van der Waals surface area (Å²) in [5.74, 6) is 0.0365. The molecule has 0 unspecified atom stereocenters. The quantitative estimate of drug-likeness (QED) is 0.544. The monoisotopic (exact) mass is 219 g/mol. The average molecular weight is 220 g/mol. The lowest BCUT2D eigenvalue weighted by atomic mass is 10.0. The normalized spacial score (nSPS) is 10.6. The maximum Gasteiger partial charge on any atom is 0.159 e. The number of hydrogen-bond donors (Lipinski definition) is 0. The van der Waals surface area contributed by atoms with Crippen LogP contribution in [0.4, 0.5) is 0 Å². The third-order valence-electron chi connectivity index (χ3n) is 2.44. The minimum atomic E-state index is 0.0365. The second-order valence-corrected chi connectivity index (χ2v) is 3.91. The number of carbonyl (C=O) groups is 1. The highest BCUT2D eigenvalue weighted by atomic mass is 35.5. The molecule has 3 heteroatoms. The number of nitrogens with zero attached hydrogens (tertiary/aromatic N) is 1. The van der Waals surface area contributed by atoms with E-state index < -0.39 is 0 Å².